The fraction of sp³-hybridized carbons (Fsp3) is 0.429. The molecule has 1 heterocycles. The summed E-state index contributed by atoms with van der Waals surface area (Å²) in [4.78, 5) is 11.0. The predicted molar refractivity (Wildman–Crippen MR) is 41.2 cm³/mol. The van der Waals surface area contributed by atoms with Crippen molar-refractivity contribution in [3.8, 4) is 5.88 Å². The van der Waals surface area contributed by atoms with Crippen LogP contribution in [0.25, 0.3) is 0 Å². The van der Waals surface area contributed by atoms with Crippen molar-refractivity contribution < 1.29 is 18.7 Å². The van der Waals surface area contributed by atoms with Crippen LogP contribution >= 0.6 is 0 Å². The SMILES string of the molecule is COC(=O)c1cn(CF)nc1OC. The molecule has 1 aromatic heterocycles. The number of rotatable bonds is 3. The lowest BCUT2D eigenvalue weighted by Gasteiger charge is -1.96. The maximum atomic E-state index is 12.1. The highest BCUT2D eigenvalue weighted by Gasteiger charge is 2.17. The molecule has 0 amide bonds. The number of nitrogens with zero attached hydrogens (tertiary/aromatic N) is 2. The molecule has 0 radical (unpaired) electrons. The molecule has 1 rings (SSSR count). The first-order chi connectivity index (χ1) is 6.22. The largest absolute Gasteiger partial charge is 0.479 e. The van der Waals surface area contributed by atoms with E-state index in [0.717, 1.165) is 4.68 Å². The first-order valence-electron chi connectivity index (χ1n) is 3.48. The summed E-state index contributed by atoms with van der Waals surface area (Å²) in [6, 6.07) is 0. The van der Waals surface area contributed by atoms with Gasteiger partial charge in [-0.1, -0.05) is 0 Å². The third-order valence-electron chi connectivity index (χ3n) is 1.45. The topological polar surface area (TPSA) is 53.4 Å². The van der Waals surface area contributed by atoms with Crippen LogP contribution < -0.4 is 4.74 Å². The molecule has 5 nitrogen and oxygen atoms in total. The zero-order chi connectivity index (χ0) is 9.84. The van der Waals surface area contributed by atoms with Crippen molar-refractivity contribution in [1.29, 1.82) is 0 Å². The van der Waals surface area contributed by atoms with Crippen LogP contribution in [0.5, 0.6) is 5.88 Å². The Bertz CT molecular complexity index is 311. The lowest BCUT2D eigenvalue weighted by molar-refractivity contribution is 0.0597. The zero-order valence-electron chi connectivity index (χ0n) is 7.28. The normalized spacial score (nSPS) is 9.77. The van der Waals surface area contributed by atoms with E-state index >= 15 is 0 Å². The predicted octanol–water partition coefficient (Wildman–Crippen LogP) is 0.605. The van der Waals surface area contributed by atoms with Gasteiger partial charge in [-0.3, -0.25) is 0 Å². The summed E-state index contributed by atoms with van der Waals surface area (Å²) in [5, 5.41) is 3.63. The number of hydrogen-bond donors (Lipinski definition) is 0. The summed E-state index contributed by atoms with van der Waals surface area (Å²) in [5.41, 5.74) is 0.114. The van der Waals surface area contributed by atoms with Crippen LogP contribution in [-0.2, 0) is 11.5 Å². The van der Waals surface area contributed by atoms with E-state index in [1.165, 1.54) is 20.4 Å². The summed E-state index contributed by atoms with van der Waals surface area (Å²) >= 11 is 0. The van der Waals surface area contributed by atoms with Crippen molar-refractivity contribution in [1.82, 2.24) is 9.78 Å². The molecular weight excluding hydrogens is 179 g/mol. The minimum absolute atomic E-state index is 0.0597. The fourth-order valence-electron chi connectivity index (χ4n) is 0.866. The molecule has 0 N–H and O–H groups in total. The van der Waals surface area contributed by atoms with Gasteiger partial charge in [-0.15, -0.1) is 5.10 Å². The number of alkyl halides is 1. The Hall–Kier alpha value is -1.59. The maximum absolute atomic E-state index is 12.1. The Kier molecular flexibility index (Phi) is 2.84. The van der Waals surface area contributed by atoms with Gasteiger partial charge >= 0.3 is 5.97 Å². The Balaban J connectivity index is 3.03. The van der Waals surface area contributed by atoms with Gasteiger partial charge < -0.3 is 9.47 Å². The molecule has 0 saturated heterocycles. The molecule has 0 bridgehead atoms. The minimum atomic E-state index is -0.812. The van der Waals surface area contributed by atoms with E-state index in [2.05, 4.69) is 9.84 Å². The Morgan fingerprint density at radius 1 is 1.69 bits per heavy atom. The molecular formula is C7H9FN2O3. The highest BCUT2D eigenvalue weighted by Crippen LogP contribution is 2.16. The Labute approximate surface area is 74.1 Å². The Morgan fingerprint density at radius 2 is 2.38 bits per heavy atom. The average molecular weight is 188 g/mol. The van der Waals surface area contributed by atoms with Crippen LogP contribution in [0.4, 0.5) is 4.39 Å². The number of halogens is 1. The molecule has 0 aliphatic heterocycles. The van der Waals surface area contributed by atoms with Crippen molar-refractivity contribution in [2.45, 2.75) is 6.80 Å². The number of esters is 1. The van der Waals surface area contributed by atoms with Gasteiger partial charge in [0, 0.05) is 6.20 Å². The van der Waals surface area contributed by atoms with E-state index in [-0.39, 0.29) is 11.4 Å². The van der Waals surface area contributed by atoms with Crippen LogP contribution in [0.2, 0.25) is 0 Å². The molecule has 13 heavy (non-hydrogen) atoms. The quantitative estimate of drug-likeness (QED) is 0.652. The monoisotopic (exact) mass is 188 g/mol. The highest BCUT2D eigenvalue weighted by atomic mass is 19.1. The van der Waals surface area contributed by atoms with Crippen LogP contribution in [0.15, 0.2) is 6.20 Å². The third-order valence-corrected chi connectivity index (χ3v) is 1.45. The summed E-state index contributed by atoms with van der Waals surface area (Å²) in [6.07, 6.45) is 1.23. The van der Waals surface area contributed by atoms with E-state index < -0.39 is 12.8 Å². The van der Waals surface area contributed by atoms with Crippen molar-refractivity contribution >= 4 is 5.97 Å². The summed E-state index contributed by atoms with van der Waals surface area (Å²) in [6.45, 7) is -0.812. The molecule has 6 heteroatoms. The molecule has 0 saturated carbocycles. The van der Waals surface area contributed by atoms with Gasteiger partial charge in [-0.2, -0.15) is 0 Å². The molecule has 0 unspecified atom stereocenters. The van der Waals surface area contributed by atoms with Gasteiger partial charge in [0.25, 0.3) is 0 Å². The van der Waals surface area contributed by atoms with Gasteiger partial charge in [0.15, 0.2) is 6.80 Å². The summed E-state index contributed by atoms with van der Waals surface area (Å²) < 4.78 is 22.3. The van der Waals surface area contributed by atoms with Crippen molar-refractivity contribution in [2.24, 2.45) is 0 Å². The first-order valence-corrected chi connectivity index (χ1v) is 3.48. The van der Waals surface area contributed by atoms with E-state index in [1.54, 1.807) is 0 Å². The van der Waals surface area contributed by atoms with E-state index in [9.17, 15) is 9.18 Å². The molecule has 0 atom stereocenters. The average Bonchev–Trinajstić information content (AvgIpc) is 2.59. The molecule has 0 spiro atoms. The van der Waals surface area contributed by atoms with Crippen molar-refractivity contribution in [2.75, 3.05) is 14.2 Å². The molecule has 0 fully saturated rings. The molecule has 0 aromatic carbocycles. The standard InChI is InChI=1S/C7H9FN2O3/c1-12-6-5(7(11)13-2)3-10(4-8)9-6/h3H,4H2,1-2H3. The van der Waals surface area contributed by atoms with Gasteiger partial charge in [0.1, 0.15) is 5.56 Å². The fourth-order valence-corrected chi connectivity index (χ4v) is 0.866. The number of carbonyl (C=O) groups is 1. The lowest BCUT2D eigenvalue weighted by Crippen LogP contribution is -2.01. The summed E-state index contributed by atoms with van der Waals surface area (Å²) in [7, 11) is 2.58. The van der Waals surface area contributed by atoms with Gasteiger partial charge in [-0.05, 0) is 0 Å². The third kappa shape index (κ3) is 1.77. The molecule has 1 aromatic rings. The number of ether oxygens (including phenoxy) is 2. The van der Waals surface area contributed by atoms with Crippen LogP contribution in [0.1, 0.15) is 10.4 Å². The van der Waals surface area contributed by atoms with Gasteiger partial charge in [0.05, 0.1) is 14.2 Å². The van der Waals surface area contributed by atoms with Crippen molar-refractivity contribution in [3.63, 3.8) is 0 Å². The second-order valence-electron chi connectivity index (χ2n) is 2.20. The van der Waals surface area contributed by atoms with Crippen LogP contribution in [0, 0.1) is 0 Å². The van der Waals surface area contributed by atoms with Gasteiger partial charge in [0.2, 0.25) is 5.88 Å². The molecule has 0 aliphatic rings. The zero-order valence-corrected chi connectivity index (χ0v) is 7.28. The lowest BCUT2D eigenvalue weighted by atomic mass is 10.3. The highest BCUT2D eigenvalue weighted by molar-refractivity contribution is 5.91. The molecule has 72 valence electrons. The second-order valence-corrected chi connectivity index (χ2v) is 2.20. The van der Waals surface area contributed by atoms with E-state index in [4.69, 9.17) is 4.74 Å². The van der Waals surface area contributed by atoms with E-state index in [0.29, 0.717) is 0 Å². The smallest absolute Gasteiger partial charge is 0.345 e. The Morgan fingerprint density at radius 3 is 2.85 bits per heavy atom. The number of carbonyl (C=O) groups excluding carboxylic acids is 1. The second kappa shape index (κ2) is 3.88. The summed E-state index contributed by atoms with van der Waals surface area (Å²) in [5.74, 6) is -0.541. The minimum Gasteiger partial charge on any atom is -0.479 e. The van der Waals surface area contributed by atoms with Crippen molar-refractivity contribution in [3.05, 3.63) is 11.8 Å². The van der Waals surface area contributed by atoms with Crippen LogP contribution in [-0.4, -0.2) is 30.0 Å². The van der Waals surface area contributed by atoms with E-state index in [1.807, 2.05) is 0 Å². The number of aromatic nitrogens is 2. The number of hydrogen-bond acceptors (Lipinski definition) is 4. The van der Waals surface area contributed by atoms with Crippen LogP contribution in [0.3, 0.4) is 0 Å². The molecule has 0 aliphatic carbocycles. The number of methoxy groups -OCH3 is 2. The first kappa shape index (κ1) is 9.50. The van der Waals surface area contributed by atoms with Gasteiger partial charge in [-0.25, -0.2) is 13.9 Å². The maximum Gasteiger partial charge on any atom is 0.345 e.